The van der Waals surface area contributed by atoms with E-state index in [1.165, 1.54) is 0 Å². The zero-order valence-electron chi connectivity index (χ0n) is 9.37. The summed E-state index contributed by atoms with van der Waals surface area (Å²) in [5.74, 6) is 1.45. The number of hydrogen-bond donors (Lipinski definition) is 1. The SMILES string of the molecule is CNCc1cccc(OC)c1OCOC. The molecule has 0 heterocycles. The summed E-state index contributed by atoms with van der Waals surface area (Å²) in [5.41, 5.74) is 1.05. The molecule has 0 atom stereocenters. The molecule has 0 unspecified atom stereocenters. The van der Waals surface area contributed by atoms with Gasteiger partial charge in [0.15, 0.2) is 18.3 Å². The van der Waals surface area contributed by atoms with Crippen molar-refractivity contribution in [3.05, 3.63) is 23.8 Å². The first-order valence-corrected chi connectivity index (χ1v) is 4.75. The Hall–Kier alpha value is -1.26. The highest BCUT2D eigenvalue weighted by atomic mass is 16.7. The summed E-state index contributed by atoms with van der Waals surface area (Å²) in [7, 11) is 5.10. The van der Waals surface area contributed by atoms with Gasteiger partial charge < -0.3 is 19.5 Å². The van der Waals surface area contributed by atoms with E-state index in [0.29, 0.717) is 0 Å². The first-order chi connectivity index (χ1) is 7.33. The third kappa shape index (κ3) is 3.11. The maximum absolute atomic E-state index is 5.47. The molecule has 1 aromatic carbocycles. The van der Waals surface area contributed by atoms with Gasteiger partial charge in [0.25, 0.3) is 0 Å². The first kappa shape index (κ1) is 11.8. The van der Waals surface area contributed by atoms with Crippen molar-refractivity contribution in [3.8, 4) is 11.5 Å². The van der Waals surface area contributed by atoms with E-state index >= 15 is 0 Å². The fourth-order valence-electron chi connectivity index (χ4n) is 1.33. The molecule has 84 valence electrons. The number of rotatable bonds is 6. The topological polar surface area (TPSA) is 39.7 Å². The molecule has 0 fully saturated rings. The van der Waals surface area contributed by atoms with Crippen LogP contribution in [0.2, 0.25) is 0 Å². The van der Waals surface area contributed by atoms with Crippen molar-refractivity contribution < 1.29 is 14.2 Å². The molecule has 4 heteroatoms. The molecule has 1 N–H and O–H groups in total. The fourth-order valence-corrected chi connectivity index (χ4v) is 1.33. The molecule has 0 aliphatic heterocycles. The van der Waals surface area contributed by atoms with Gasteiger partial charge in [-0.1, -0.05) is 12.1 Å². The average molecular weight is 211 g/mol. The molecule has 0 aromatic heterocycles. The van der Waals surface area contributed by atoms with Crippen molar-refractivity contribution in [3.63, 3.8) is 0 Å². The third-order valence-corrected chi connectivity index (χ3v) is 1.97. The molecule has 15 heavy (non-hydrogen) atoms. The van der Waals surface area contributed by atoms with Gasteiger partial charge in [0.2, 0.25) is 0 Å². The summed E-state index contributed by atoms with van der Waals surface area (Å²) >= 11 is 0. The normalized spacial score (nSPS) is 10.1. The lowest BCUT2D eigenvalue weighted by atomic mass is 10.2. The van der Waals surface area contributed by atoms with Crippen LogP contribution in [0.15, 0.2) is 18.2 Å². The van der Waals surface area contributed by atoms with Crippen LogP contribution in [0, 0.1) is 0 Å². The lowest BCUT2D eigenvalue weighted by Gasteiger charge is -2.14. The Bertz CT molecular complexity index is 302. The molecule has 1 aromatic rings. The quantitative estimate of drug-likeness (QED) is 0.722. The van der Waals surface area contributed by atoms with Crippen molar-refractivity contribution in [2.45, 2.75) is 6.54 Å². The van der Waals surface area contributed by atoms with Crippen LogP contribution in [0.4, 0.5) is 0 Å². The van der Waals surface area contributed by atoms with Gasteiger partial charge in [-0.15, -0.1) is 0 Å². The molecule has 1 rings (SSSR count). The Morgan fingerprint density at radius 1 is 1.27 bits per heavy atom. The van der Waals surface area contributed by atoms with Gasteiger partial charge in [-0.3, -0.25) is 0 Å². The van der Waals surface area contributed by atoms with Crippen LogP contribution < -0.4 is 14.8 Å². The maximum atomic E-state index is 5.47. The van der Waals surface area contributed by atoms with Crippen molar-refractivity contribution in [2.75, 3.05) is 28.1 Å². The van der Waals surface area contributed by atoms with Crippen LogP contribution >= 0.6 is 0 Å². The van der Waals surface area contributed by atoms with Crippen molar-refractivity contribution >= 4 is 0 Å². The van der Waals surface area contributed by atoms with Gasteiger partial charge in [-0.25, -0.2) is 0 Å². The van der Waals surface area contributed by atoms with Crippen LogP contribution in [0.1, 0.15) is 5.56 Å². The van der Waals surface area contributed by atoms with E-state index in [9.17, 15) is 0 Å². The van der Waals surface area contributed by atoms with Gasteiger partial charge >= 0.3 is 0 Å². The summed E-state index contributed by atoms with van der Waals surface area (Å²) in [6, 6.07) is 5.79. The fraction of sp³-hybridized carbons (Fsp3) is 0.455. The van der Waals surface area contributed by atoms with Gasteiger partial charge in [0.1, 0.15) is 0 Å². The molecule has 0 amide bonds. The predicted octanol–water partition coefficient (Wildman–Crippen LogP) is 1.40. The second-order valence-corrected chi connectivity index (χ2v) is 3.03. The Labute approximate surface area is 90.1 Å². The Kier molecular flexibility index (Phi) is 4.93. The minimum absolute atomic E-state index is 0.219. The average Bonchev–Trinajstić information content (AvgIpc) is 2.27. The van der Waals surface area contributed by atoms with E-state index in [1.54, 1.807) is 14.2 Å². The van der Waals surface area contributed by atoms with Gasteiger partial charge in [0, 0.05) is 19.2 Å². The zero-order valence-corrected chi connectivity index (χ0v) is 9.37. The molecular formula is C11H17NO3. The monoisotopic (exact) mass is 211 g/mol. The molecule has 0 saturated heterocycles. The minimum atomic E-state index is 0.219. The second-order valence-electron chi connectivity index (χ2n) is 3.03. The van der Waals surface area contributed by atoms with E-state index < -0.39 is 0 Å². The van der Waals surface area contributed by atoms with E-state index in [2.05, 4.69) is 5.32 Å². The van der Waals surface area contributed by atoms with Crippen molar-refractivity contribution in [2.24, 2.45) is 0 Å². The molecule has 0 aliphatic carbocycles. The summed E-state index contributed by atoms with van der Waals surface area (Å²) in [6.45, 7) is 0.952. The third-order valence-electron chi connectivity index (χ3n) is 1.97. The summed E-state index contributed by atoms with van der Waals surface area (Å²) < 4.78 is 15.6. The second kappa shape index (κ2) is 6.27. The number of methoxy groups -OCH3 is 2. The van der Waals surface area contributed by atoms with Crippen LogP contribution in [0.5, 0.6) is 11.5 Å². The number of para-hydroxylation sites is 1. The van der Waals surface area contributed by atoms with E-state index in [4.69, 9.17) is 14.2 Å². The molecular weight excluding hydrogens is 194 g/mol. The number of hydrogen-bond acceptors (Lipinski definition) is 4. The van der Waals surface area contributed by atoms with Crippen LogP contribution in [0.3, 0.4) is 0 Å². The van der Waals surface area contributed by atoms with Crippen LogP contribution in [-0.4, -0.2) is 28.1 Å². The van der Waals surface area contributed by atoms with Crippen LogP contribution in [0.25, 0.3) is 0 Å². The minimum Gasteiger partial charge on any atom is -0.493 e. The Morgan fingerprint density at radius 2 is 2.07 bits per heavy atom. The highest BCUT2D eigenvalue weighted by Gasteiger charge is 2.09. The van der Waals surface area contributed by atoms with Crippen molar-refractivity contribution in [1.29, 1.82) is 0 Å². The molecule has 0 bridgehead atoms. The van der Waals surface area contributed by atoms with E-state index in [0.717, 1.165) is 23.6 Å². The zero-order chi connectivity index (χ0) is 11.1. The predicted molar refractivity (Wildman–Crippen MR) is 58.3 cm³/mol. The van der Waals surface area contributed by atoms with Crippen molar-refractivity contribution in [1.82, 2.24) is 5.32 Å². The van der Waals surface area contributed by atoms with Gasteiger partial charge in [0.05, 0.1) is 7.11 Å². The number of nitrogens with one attached hydrogen (secondary N) is 1. The number of ether oxygens (including phenoxy) is 3. The summed E-state index contributed by atoms with van der Waals surface area (Å²) in [5, 5.41) is 3.08. The Morgan fingerprint density at radius 3 is 2.67 bits per heavy atom. The summed E-state index contributed by atoms with van der Waals surface area (Å²) in [4.78, 5) is 0. The van der Waals surface area contributed by atoms with Gasteiger partial charge in [-0.2, -0.15) is 0 Å². The summed E-state index contributed by atoms with van der Waals surface area (Å²) in [6.07, 6.45) is 0. The first-order valence-electron chi connectivity index (χ1n) is 4.75. The smallest absolute Gasteiger partial charge is 0.188 e. The lowest BCUT2D eigenvalue weighted by Crippen LogP contribution is -2.09. The molecule has 0 spiro atoms. The maximum Gasteiger partial charge on any atom is 0.188 e. The number of benzene rings is 1. The molecule has 0 radical (unpaired) electrons. The largest absolute Gasteiger partial charge is 0.493 e. The highest BCUT2D eigenvalue weighted by molar-refractivity contribution is 5.46. The van der Waals surface area contributed by atoms with Crippen LogP contribution in [-0.2, 0) is 11.3 Å². The van der Waals surface area contributed by atoms with E-state index in [1.807, 2.05) is 25.2 Å². The molecule has 0 saturated carbocycles. The van der Waals surface area contributed by atoms with E-state index in [-0.39, 0.29) is 6.79 Å². The standard InChI is InChI=1S/C11H17NO3/c1-12-7-9-5-4-6-10(14-3)11(9)15-8-13-2/h4-6,12H,7-8H2,1-3H3. The molecule has 4 nitrogen and oxygen atoms in total. The highest BCUT2D eigenvalue weighted by Crippen LogP contribution is 2.30. The lowest BCUT2D eigenvalue weighted by molar-refractivity contribution is 0.0484. The molecule has 0 aliphatic rings. The van der Waals surface area contributed by atoms with Gasteiger partial charge in [-0.05, 0) is 13.1 Å². The Balaban J connectivity index is 2.92.